The Balaban J connectivity index is 1.98. The van der Waals surface area contributed by atoms with Crippen molar-refractivity contribution in [3.05, 3.63) is 94.1 Å². The van der Waals surface area contributed by atoms with Crippen molar-refractivity contribution in [1.82, 2.24) is 19.7 Å². The standard InChI is InChI=1S/C30H25F4IN4O5/c1-6-42-27-37-26-19(30(41,24-8-7-17(31)13-36-24)18-11-21(33)22(34)12-20(18)32)9-16(25-14(2)38-44-15(25)3)10-23(26)39(27)28(40)43-29(4,5)35/h7-13,41H,6H2,1-5H3. The second-order valence-corrected chi connectivity index (χ2v) is 12.9. The molecule has 0 spiro atoms. The predicted octanol–water partition coefficient (Wildman–Crippen LogP) is 7.10. The molecule has 3 heterocycles. The highest BCUT2D eigenvalue weighted by Crippen LogP contribution is 2.44. The average molecular weight is 724 g/mol. The van der Waals surface area contributed by atoms with Gasteiger partial charge in [0, 0.05) is 22.8 Å². The molecule has 44 heavy (non-hydrogen) atoms. The number of benzene rings is 2. The molecular weight excluding hydrogens is 699 g/mol. The molecule has 1 atom stereocenters. The Hall–Kier alpha value is -4.05. The second kappa shape index (κ2) is 11.5. The number of nitrogens with zero attached hydrogens (tertiary/aromatic N) is 4. The molecule has 0 radical (unpaired) electrons. The molecule has 9 nitrogen and oxygen atoms in total. The van der Waals surface area contributed by atoms with E-state index < -0.39 is 44.1 Å². The van der Waals surface area contributed by atoms with Gasteiger partial charge in [-0.1, -0.05) is 5.16 Å². The van der Waals surface area contributed by atoms with Gasteiger partial charge in [0.15, 0.2) is 20.8 Å². The van der Waals surface area contributed by atoms with Gasteiger partial charge in [0.05, 0.1) is 35.2 Å². The maximum Gasteiger partial charge on any atom is 0.424 e. The van der Waals surface area contributed by atoms with E-state index in [2.05, 4.69) is 15.1 Å². The highest BCUT2D eigenvalue weighted by molar-refractivity contribution is 14.1. The molecule has 14 heteroatoms. The zero-order valence-corrected chi connectivity index (χ0v) is 26.2. The number of hydrogen-bond donors (Lipinski definition) is 1. The third kappa shape index (κ3) is 5.51. The van der Waals surface area contributed by atoms with Gasteiger partial charge >= 0.3 is 12.1 Å². The lowest BCUT2D eigenvalue weighted by Crippen LogP contribution is -2.32. The van der Waals surface area contributed by atoms with Crippen LogP contribution in [0.2, 0.25) is 0 Å². The second-order valence-electron chi connectivity index (χ2n) is 10.3. The lowest BCUT2D eigenvalue weighted by molar-refractivity contribution is 0.106. The molecular formula is C30H25F4IN4O5. The van der Waals surface area contributed by atoms with E-state index in [1.54, 1.807) is 40.7 Å². The fourth-order valence-electron chi connectivity index (χ4n) is 4.94. The first-order valence-electron chi connectivity index (χ1n) is 13.2. The first kappa shape index (κ1) is 31.4. The lowest BCUT2D eigenvalue weighted by atomic mass is 9.80. The number of carbonyl (C=O) groups excluding carboxylic acids is 1. The van der Waals surface area contributed by atoms with E-state index in [0.717, 1.165) is 22.9 Å². The Morgan fingerprint density at radius 2 is 1.75 bits per heavy atom. The zero-order valence-electron chi connectivity index (χ0n) is 24.0. The fraction of sp³-hybridized carbons (Fsp3) is 0.267. The normalized spacial score (nSPS) is 13.2. The van der Waals surface area contributed by atoms with Crippen molar-refractivity contribution in [2.45, 2.75) is 43.8 Å². The minimum absolute atomic E-state index is 0.0372. The van der Waals surface area contributed by atoms with E-state index in [4.69, 9.17) is 14.0 Å². The van der Waals surface area contributed by atoms with Crippen LogP contribution in [-0.4, -0.2) is 41.1 Å². The topological polar surface area (TPSA) is 112 Å². The number of rotatable bonds is 7. The van der Waals surface area contributed by atoms with Gasteiger partial charge in [0.2, 0.25) is 0 Å². The van der Waals surface area contributed by atoms with Crippen LogP contribution in [0.15, 0.2) is 47.1 Å². The molecule has 0 saturated heterocycles. The van der Waals surface area contributed by atoms with Gasteiger partial charge in [-0.3, -0.25) is 4.98 Å². The van der Waals surface area contributed by atoms with Crippen molar-refractivity contribution < 1.29 is 41.5 Å². The number of fused-ring (bicyclic) bond motifs is 1. The number of aryl methyl sites for hydroxylation is 2. The fourth-order valence-corrected chi connectivity index (χ4v) is 5.13. The molecule has 5 rings (SSSR count). The number of alkyl halides is 1. The highest BCUT2D eigenvalue weighted by Gasteiger charge is 2.42. The predicted molar refractivity (Wildman–Crippen MR) is 158 cm³/mol. The third-order valence-corrected chi connectivity index (χ3v) is 6.95. The quantitative estimate of drug-likeness (QED) is 0.0820. The van der Waals surface area contributed by atoms with Crippen molar-refractivity contribution in [1.29, 1.82) is 0 Å². The molecule has 0 aliphatic heterocycles. The first-order chi connectivity index (χ1) is 20.6. The van der Waals surface area contributed by atoms with Crippen LogP contribution in [0.4, 0.5) is 22.4 Å². The minimum Gasteiger partial charge on any atom is -0.465 e. The molecule has 1 unspecified atom stereocenters. The van der Waals surface area contributed by atoms with Crippen LogP contribution in [0.3, 0.4) is 0 Å². The maximum absolute atomic E-state index is 15.6. The van der Waals surface area contributed by atoms with Crippen LogP contribution in [-0.2, 0) is 10.3 Å². The number of halogens is 5. The number of carbonyl (C=O) groups is 1. The maximum atomic E-state index is 15.6. The van der Waals surface area contributed by atoms with Gasteiger partial charge in [-0.25, -0.2) is 22.4 Å². The average Bonchev–Trinajstić information content (AvgIpc) is 3.47. The molecule has 230 valence electrons. The summed E-state index contributed by atoms with van der Waals surface area (Å²) in [6, 6.07) is 5.51. The Labute approximate surface area is 261 Å². The monoisotopic (exact) mass is 724 g/mol. The lowest BCUT2D eigenvalue weighted by Gasteiger charge is -2.30. The van der Waals surface area contributed by atoms with Crippen molar-refractivity contribution in [3.63, 3.8) is 0 Å². The molecule has 5 aromatic rings. The Bertz CT molecular complexity index is 1880. The van der Waals surface area contributed by atoms with Crippen LogP contribution in [0, 0.1) is 37.1 Å². The number of pyridine rings is 1. The molecule has 0 fully saturated rings. The van der Waals surface area contributed by atoms with Crippen LogP contribution in [0.1, 0.15) is 49.0 Å². The van der Waals surface area contributed by atoms with E-state index in [9.17, 15) is 23.1 Å². The van der Waals surface area contributed by atoms with E-state index >= 15 is 4.39 Å². The van der Waals surface area contributed by atoms with E-state index in [1.807, 2.05) is 22.6 Å². The van der Waals surface area contributed by atoms with E-state index in [-0.39, 0.29) is 41.0 Å². The van der Waals surface area contributed by atoms with E-state index in [0.29, 0.717) is 28.6 Å². The summed E-state index contributed by atoms with van der Waals surface area (Å²) in [5, 5.41) is 16.5. The molecule has 1 N–H and O–H groups in total. The van der Waals surface area contributed by atoms with Crippen molar-refractivity contribution in [3.8, 4) is 17.1 Å². The number of ether oxygens (including phenoxy) is 2. The smallest absolute Gasteiger partial charge is 0.424 e. The summed E-state index contributed by atoms with van der Waals surface area (Å²) in [6.45, 7) is 8.32. The van der Waals surface area contributed by atoms with Crippen LogP contribution in [0.5, 0.6) is 6.01 Å². The number of hydrogen-bond acceptors (Lipinski definition) is 8. The van der Waals surface area contributed by atoms with Gasteiger partial charge in [0.25, 0.3) is 0 Å². The SMILES string of the molecule is CCOc1nc2c(C(O)(c3ccc(F)cn3)c3cc(F)c(F)cc3F)cc(-c3c(C)noc3C)cc2n1C(=O)OC(C)(C)I. The first-order valence-corrected chi connectivity index (χ1v) is 14.3. The molecule has 0 aliphatic rings. The van der Waals surface area contributed by atoms with Gasteiger partial charge in [-0.2, -0.15) is 9.55 Å². The van der Waals surface area contributed by atoms with Crippen LogP contribution in [0.25, 0.3) is 22.2 Å². The van der Waals surface area contributed by atoms with Gasteiger partial charge < -0.3 is 19.1 Å². The largest absolute Gasteiger partial charge is 0.465 e. The zero-order chi connectivity index (χ0) is 32.1. The summed E-state index contributed by atoms with van der Waals surface area (Å²) >= 11 is 1.92. The summed E-state index contributed by atoms with van der Waals surface area (Å²) in [5.74, 6) is -4.70. The van der Waals surface area contributed by atoms with Crippen molar-refractivity contribution in [2.75, 3.05) is 6.61 Å². The Kier molecular flexibility index (Phi) is 8.18. The number of imidazole rings is 1. The number of aromatic nitrogens is 4. The van der Waals surface area contributed by atoms with Crippen molar-refractivity contribution in [2.24, 2.45) is 0 Å². The molecule has 0 aliphatic carbocycles. The summed E-state index contributed by atoms with van der Waals surface area (Å²) in [7, 11) is 0. The third-order valence-electron chi connectivity index (χ3n) is 6.73. The van der Waals surface area contributed by atoms with Crippen LogP contribution >= 0.6 is 22.6 Å². The Morgan fingerprint density at radius 1 is 1.05 bits per heavy atom. The Morgan fingerprint density at radius 3 is 2.34 bits per heavy atom. The molecule has 3 aromatic heterocycles. The minimum atomic E-state index is -2.73. The highest BCUT2D eigenvalue weighted by atomic mass is 127. The van der Waals surface area contributed by atoms with E-state index in [1.165, 1.54) is 6.07 Å². The van der Waals surface area contributed by atoms with Crippen molar-refractivity contribution >= 4 is 39.7 Å². The molecule has 0 amide bonds. The van der Waals surface area contributed by atoms with Gasteiger partial charge in [0.1, 0.15) is 17.4 Å². The summed E-state index contributed by atoms with van der Waals surface area (Å²) in [6.07, 6.45) is -0.114. The molecule has 0 bridgehead atoms. The van der Waals surface area contributed by atoms with Gasteiger partial charge in [-0.15, -0.1) is 0 Å². The summed E-state index contributed by atoms with van der Waals surface area (Å²) in [4.78, 5) is 22.0. The summed E-state index contributed by atoms with van der Waals surface area (Å²) < 4.78 is 75.1. The molecule has 0 saturated carbocycles. The molecule has 2 aromatic carbocycles. The van der Waals surface area contributed by atoms with Crippen LogP contribution < -0.4 is 4.74 Å². The number of aliphatic hydroxyl groups is 1. The van der Waals surface area contributed by atoms with Gasteiger partial charge in [-0.05, 0) is 93.1 Å². The summed E-state index contributed by atoms with van der Waals surface area (Å²) in [5.41, 5.74) is -2.92.